The summed E-state index contributed by atoms with van der Waals surface area (Å²) in [6.45, 7) is 3.23. The second kappa shape index (κ2) is 5.91. The van der Waals surface area contributed by atoms with E-state index >= 15 is 0 Å². The van der Waals surface area contributed by atoms with Crippen LogP contribution < -0.4 is 10.5 Å². The lowest BCUT2D eigenvalue weighted by atomic mass is 10.0. The minimum atomic E-state index is -3.56. The van der Waals surface area contributed by atoms with Gasteiger partial charge in [-0.25, -0.2) is 8.42 Å². The third-order valence-corrected chi connectivity index (χ3v) is 6.25. The largest absolute Gasteiger partial charge is 0.495 e. The van der Waals surface area contributed by atoms with Crippen LogP contribution in [0.4, 0.5) is 5.69 Å². The van der Waals surface area contributed by atoms with Crippen LogP contribution in [-0.4, -0.2) is 32.9 Å². The molecule has 1 aliphatic rings. The molecule has 0 aliphatic carbocycles. The summed E-state index contributed by atoms with van der Waals surface area (Å²) in [5.74, 6) is 0.878. The van der Waals surface area contributed by atoms with E-state index in [4.69, 9.17) is 10.5 Å². The van der Waals surface area contributed by atoms with Crippen molar-refractivity contribution >= 4 is 31.6 Å². The van der Waals surface area contributed by atoms with Crippen LogP contribution in [0.1, 0.15) is 19.8 Å². The number of methoxy groups -OCH3 is 1. The van der Waals surface area contributed by atoms with Crippen molar-refractivity contribution in [1.82, 2.24) is 4.31 Å². The zero-order valence-electron chi connectivity index (χ0n) is 11.6. The molecule has 0 atom stereocenters. The molecular formula is C13H19BrN2O3S. The molecule has 1 fully saturated rings. The first kappa shape index (κ1) is 15.6. The van der Waals surface area contributed by atoms with Crippen LogP contribution in [-0.2, 0) is 10.0 Å². The van der Waals surface area contributed by atoms with Gasteiger partial charge in [-0.3, -0.25) is 0 Å². The average Bonchev–Trinajstić information content (AvgIpc) is 2.41. The summed E-state index contributed by atoms with van der Waals surface area (Å²) in [4.78, 5) is 0.134. The van der Waals surface area contributed by atoms with Crippen molar-refractivity contribution in [2.24, 2.45) is 5.92 Å². The van der Waals surface area contributed by atoms with Gasteiger partial charge in [0.1, 0.15) is 10.6 Å². The molecule has 1 aromatic carbocycles. The summed E-state index contributed by atoms with van der Waals surface area (Å²) in [7, 11) is -2.11. The standard InChI is InChI=1S/C13H19BrN2O3S/c1-9-3-5-16(6-4-9)20(17,18)13-8-11(15)10(14)7-12(13)19-2/h7-9H,3-6,15H2,1-2H3. The normalized spacial score (nSPS) is 18.1. The molecule has 0 unspecified atom stereocenters. The van der Waals surface area contributed by atoms with Crippen LogP contribution in [0.3, 0.4) is 0 Å². The number of rotatable bonds is 3. The third-order valence-electron chi connectivity index (χ3n) is 3.64. The number of nitrogens with two attached hydrogens (primary N) is 1. The number of ether oxygens (including phenoxy) is 1. The molecule has 5 nitrogen and oxygen atoms in total. The van der Waals surface area contributed by atoms with E-state index in [0.717, 1.165) is 12.8 Å². The van der Waals surface area contributed by atoms with Crippen molar-refractivity contribution in [2.45, 2.75) is 24.7 Å². The van der Waals surface area contributed by atoms with Gasteiger partial charge in [0.25, 0.3) is 0 Å². The fraction of sp³-hybridized carbons (Fsp3) is 0.538. The Hall–Kier alpha value is -0.790. The first-order valence-electron chi connectivity index (χ1n) is 6.49. The molecule has 0 aromatic heterocycles. The van der Waals surface area contributed by atoms with Gasteiger partial charge >= 0.3 is 0 Å². The zero-order valence-corrected chi connectivity index (χ0v) is 14.0. The first-order chi connectivity index (χ1) is 9.36. The number of hydrogen-bond acceptors (Lipinski definition) is 4. The summed E-state index contributed by atoms with van der Waals surface area (Å²) >= 11 is 3.28. The molecule has 1 saturated heterocycles. The predicted molar refractivity (Wildman–Crippen MR) is 82.3 cm³/mol. The summed E-state index contributed by atoms with van der Waals surface area (Å²) in [5, 5.41) is 0. The SMILES string of the molecule is COc1cc(Br)c(N)cc1S(=O)(=O)N1CCC(C)CC1. The van der Waals surface area contributed by atoms with E-state index in [1.54, 1.807) is 6.07 Å². The fourth-order valence-corrected chi connectivity index (χ4v) is 4.24. The Balaban J connectivity index is 2.41. The highest BCUT2D eigenvalue weighted by atomic mass is 79.9. The Labute approximate surface area is 128 Å². The van der Waals surface area contributed by atoms with Crippen molar-refractivity contribution in [3.05, 3.63) is 16.6 Å². The van der Waals surface area contributed by atoms with Gasteiger partial charge in [-0.15, -0.1) is 0 Å². The average molecular weight is 363 g/mol. The molecule has 0 spiro atoms. The van der Waals surface area contributed by atoms with Gasteiger partial charge in [-0.2, -0.15) is 4.31 Å². The summed E-state index contributed by atoms with van der Waals surface area (Å²) in [6.07, 6.45) is 1.76. The van der Waals surface area contributed by atoms with E-state index in [0.29, 0.717) is 34.9 Å². The van der Waals surface area contributed by atoms with E-state index < -0.39 is 10.0 Å². The topological polar surface area (TPSA) is 72.6 Å². The molecule has 1 aliphatic heterocycles. The molecule has 0 amide bonds. The predicted octanol–water partition coefficient (Wildman–Crippen LogP) is 2.46. The number of anilines is 1. The molecule has 1 heterocycles. The lowest BCUT2D eigenvalue weighted by Gasteiger charge is -2.30. The molecule has 0 saturated carbocycles. The van der Waals surface area contributed by atoms with Crippen molar-refractivity contribution in [1.29, 1.82) is 0 Å². The maximum absolute atomic E-state index is 12.7. The quantitative estimate of drug-likeness (QED) is 0.838. The van der Waals surface area contributed by atoms with E-state index in [-0.39, 0.29) is 4.90 Å². The van der Waals surface area contributed by atoms with Gasteiger partial charge < -0.3 is 10.5 Å². The number of halogens is 1. The highest BCUT2D eigenvalue weighted by Gasteiger charge is 2.31. The van der Waals surface area contributed by atoms with Crippen LogP contribution in [0.2, 0.25) is 0 Å². The van der Waals surface area contributed by atoms with Gasteiger partial charge in [-0.05, 0) is 46.8 Å². The van der Waals surface area contributed by atoms with Gasteiger partial charge in [0, 0.05) is 23.2 Å². The molecule has 20 heavy (non-hydrogen) atoms. The second-order valence-electron chi connectivity index (χ2n) is 5.11. The van der Waals surface area contributed by atoms with E-state index in [2.05, 4.69) is 22.9 Å². The van der Waals surface area contributed by atoms with Gasteiger partial charge in [0.15, 0.2) is 0 Å². The Morgan fingerprint density at radius 3 is 2.50 bits per heavy atom. The minimum Gasteiger partial charge on any atom is -0.495 e. The summed E-state index contributed by atoms with van der Waals surface area (Å²) < 4.78 is 32.8. The van der Waals surface area contributed by atoms with Crippen LogP contribution in [0, 0.1) is 5.92 Å². The molecular weight excluding hydrogens is 344 g/mol. The Morgan fingerprint density at radius 2 is 1.95 bits per heavy atom. The second-order valence-corrected chi connectivity index (χ2v) is 7.87. The zero-order chi connectivity index (χ0) is 14.9. The highest BCUT2D eigenvalue weighted by molar-refractivity contribution is 9.10. The monoisotopic (exact) mass is 362 g/mol. The molecule has 2 N–H and O–H groups in total. The van der Waals surface area contributed by atoms with Crippen LogP contribution in [0.15, 0.2) is 21.5 Å². The Kier molecular flexibility index (Phi) is 4.61. The Bertz CT molecular complexity index is 596. The maximum Gasteiger partial charge on any atom is 0.246 e. The number of nitrogen functional groups attached to an aromatic ring is 1. The lowest BCUT2D eigenvalue weighted by molar-refractivity contribution is 0.287. The van der Waals surface area contributed by atoms with Crippen LogP contribution in [0.25, 0.3) is 0 Å². The van der Waals surface area contributed by atoms with Gasteiger partial charge in [0.2, 0.25) is 10.0 Å². The Morgan fingerprint density at radius 1 is 1.35 bits per heavy atom. The number of benzene rings is 1. The summed E-state index contributed by atoms with van der Waals surface area (Å²) in [6, 6.07) is 3.05. The number of hydrogen-bond donors (Lipinski definition) is 1. The molecule has 0 radical (unpaired) electrons. The van der Waals surface area contributed by atoms with Gasteiger partial charge in [0.05, 0.1) is 7.11 Å². The van der Waals surface area contributed by atoms with Crippen LogP contribution in [0.5, 0.6) is 5.75 Å². The van der Waals surface area contributed by atoms with Crippen molar-refractivity contribution in [3.63, 3.8) is 0 Å². The molecule has 0 bridgehead atoms. The van der Waals surface area contributed by atoms with Crippen molar-refractivity contribution < 1.29 is 13.2 Å². The van der Waals surface area contributed by atoms with Crippen molar-refractivity contribution in [2.75, 3.05) is 25.9 Å². The fourth-order valence-electron chi connectivity index (χ4n) is 2.28. The van der Waals surface area contributed by atoms with Crippen molar-refractivity contribution in [3.8, 4) is 5.75 Å². The number of sulfonamides is 1. The molecule has 112 valence electrons. The lowest BCUT2D eigenvalue weighted by Crippen LogP contribution is -2.38. The highest BCUT2D eigenvalue weighted by Crippen LogP contribution is 2.35. The minimum absolute atomic E-state index is 0.134. The maximum atomic E-state index is 12.7. The third kappa shape index (κ3) is 2.94. The summed E-state index contributed by atoms with van der Waals surface area (Å²) in [5.41, 5.74) is 6.19. The number of piperidine rings is 1. The first-order valence-corrected chi connectivity index (χ1v) is 8.72. The van der Waals surface area contributed by atoms with E-state index in [9.17, 15) is 8.42 Å². The van der Waals surface area contributed by atoms with E-state index in [1.807, 2.05) is 0 Å². The molecule has 7 heteroatoms. The molecule has 2 rings (SSSR count). The van der Waals surface area contributed by atoms with Crippen LogP contribution >= 0.6 is 15.9 Å². The van der Waals surface area contributed by atoms with E-state index in [1.165, 1.54) is 17.5 Å². The smallest absolute Gasteiger partial charge is 0.246 e. The molecule has 1 aromatic rings. The van der Waals surface area contributed by atoms with Gasteiger partial charge in [-0.1, -0.05) is 6.92 Å². The number of nitrogens with zero attached hydrogens (tertiary/aromatic N) is 1.